The van der Waals surface area contributed by atoms with Gasteiger partial charge in [-0.15, -0.1) is 0 Å². The molecule has 0 amide bonds. The monoisotopic (exact) mass is 337 g/mol. The number of para-hydroxylation sites is 1. The Morgan fingerprint density at radius 2 is 1.50 bits per heavy atom. The molecule has 0 fully saturated rings. The number of imidazole rings is 1. The summed E-state index contributed by atoms with van der Waals surface area (Å²) in [7, 11) is 0. The Hall–Kier alpha value is -3.60. The van der Waals surface area contributed by atoms with E-state index in [4.69, 9.17) is 0 Å². The van der Waals surface area contributed by atoms with Crippen LogP contribution in [-0.4, -0.2) is 24.3 Å². The van der Waals surface area contributed by atoms with Gasteiger partial charge in [-0.1, -0.05) is 48.5 Å². The van der Waals surface area contributed by atoms with Gasteiger partial charge in [-0.3, -0.25) is 4.40 Å². The maximum Gasteiger partial charge on any atom is 0.234 e. The van der Waals surface area contributed by atoms with Crippen LogP contribution in [0.3, 0.4) is 0 Å². The largest absolute Gasteiger partial charge is 0.290 e. The highest BCUT2D eigenvalue weighted by molar-refractivity contribution is 5.82. The molecule has 3 aromatic heterocycles. The van der Waals surface area contributed by atoms with Crippen LogP contribution in [0.2, 0.25) is 0 Å². The SMILES string of the molecule is Cc1nc(-c2ccn3cc(-c4ccccc4)nc3n2)nc2ccccc12. The Bertz CT molecular complexity index is 1240. The smallest absolute Gasteiger partial charge is 0.234 e. The van der Waals surface area contributed by atoms with Crippen LogP contribution < -0.4 is 0 Å². The summed E-state index contributed by atoms with van der Waals surface area (Å²) in [4.78, 5) is 18.6. The molecule has 0 aliphatic rings. The minimum atomic E-state index is 0.618. The fourth-order valence-corrected chi connectivity index (χ4v) is 3.09. The molecule has 5 rings (SSSR count). The Morgan fingerprint density at radius 1 is 0.731 bits per heavy atom. The van der Waals surface area contributed by atoms with Gasteiger partial charge in [0.2, 0.25) is 5.78 Å². The van der Waals surface area contributed by atoms with Gasteiger partial charge in [-0.05, 0) is 19.1 Å². The summed E-state index contributed by atoms with van der Waals surface area (Å²) in [6.07, 6.45) is 3.93. The molecule has 0 aliphatic carbocycles. The zero-order chi connectivity index (χ0) is 17.5. The van der Waals surface area contributed by atoms with Crippen LogP contribution in [0.25, 0.3) is 39.5 Å². The number of benzene rings is 2. The predicted molar refractivity (Wildman–Crippen MR) is 102 cm³/mol. The zero-order valence-corrected chi connectivity index (χ0v) is 14.2. The number of aryl methyl sites for hydroxylation is 1. The van der Waals surface area contributed by atoms with E-state index in [0.717, 1.165) is 33.5 Å². The van der Waals surface area contributed by atoms with E-state index in [0.29, 0.717) is 11.6 Å². The summed E-state index contributed by atoms with van der Waals surface area (Å²) < 4.78 is 1.92. The molecule has 2 aromatic carbocycles. The fraction of sp³-hybridized carbons (Fsp3) is 0.0476. The van der Waals surface area contributed by atoms with Crippen LogP contribution in [-0.2, 0) is 0 Å². The number of rotatable bonds is 2. The number of hydrogen-bond donors (Lipinski definition) is 0. The molecular formula is C21H15N5. The highest BCUT2D eigenvalue weighted by Crippen LogP contribution is 2.22. The summed E-state index contributed by atoms with van der Waals surface area (Å²) in [5.74, 6) is 1.25. The molecule has 124 valence electrons. The summed E-state index contributed by atoms with van der Waals surface area (Å²) in [6.45, 7) is 2.00. The van der Waals surface area contributed by atoms with Gasteiger partial charge < -0.3 is 0 Å². The Kier molecular flexibility index (Phi) is 3.25. The molecule has 0 radical (unpaired) electrons. The van der Waals surface area contributed by atoms with Crippen molar-refractivity contribution in [3.8, 4) is 22.8 Å². The Morgan fingerprint density at radius 3 is 2.38 bits per heavy atom. The first-order chi connectivity index (χ1) is 12.8. The van der Waals surface area contributed by atoms with Gasteiger partial charge in [0.15, 0.2) is 5.82 Å². The van der Waals surface area contributed by atoms with Crippen molar-refractivity contribution < 1.29 is 0 Å². The first kappa shape index (κ1) is 14.7. The van der Waals surface area contributed by atoms with Crippen molar-refractivity contribution >= 4 is 16.7 Å². The van der Waals surface area contributed by atoms with Gasteiger partial charge in [-0.25, -0.2) is 19.9 Å². The molecule has 0 aliphatic heterocycles. The highest BCUT2D eigenvalue weighted by atomic mass is 15.1. The molecular weight excluding hydrogens is 322 g/mol. The first-order valence-corrected chi connectivity index (χ1v) is 8.43. The van der Waals surface area contributed by atoms with E-state index in [9.17, 15) is 0 Å². The third-order valence-electron chi connectivity index (χ3n) is 4.42. The van der Waals surface area contributed by atoms with E-state index in [1.165, 1.54) is 0 Å². The highest BCUT2D eigenvalue weighted by Gasteiger charge is 2.10. The van der Waals surface area contributed by atoms with Crippen molar-refractivity contribution in [2.24, 2.45) is 0 Å². The van der Waals surface area contributed by atoms with Gasteiger partial charge in [0.25, 0.3) is 0 Å². The van der Waals surface area contributed by atoms with Crippen LogP contribution in [0.1, 0.15) is 5.69 Å². The summed E-state index contributed by atoms with van der Waals surface area (Å²) >= 11 is 0. The molecule has 0 bridgehead atoms. The topological polar surface area (TPSA) is 56.0 Å². The fourth-order valence-electron chi connectivity index (χ4n) is 3.09. The minimum Gasteiger partial charge on any atom is -0.290 e. The number of aromatic nitrogens is 5. The average molecular weight is 337 g/mol. The molecule has 5 heteroatoms. The van der Waals surface area contributed by atoms with Gasteiger partial charge in [0, 0.05) is 29.0 Å². The molecule has 3 heterocycles. The third-order valence-corrected chi connectivity index (χ3v) is 4.42. The standard InChI is InChI=1S/C21H15N5/c1-14-16-9-5-6-10-17(16)23-20(22-14)18-11-12-26-13-19(25-21(26)24-18)15-7-3-2-4-8-15/h2-13H,1H3. The second-order valence-electron chi connectivity index (χ2n) is 6.16. The van der Waals surface area contributed by atoms with E-state index in [-0.39, 0.29) is 0 Å². The van der Waals surface area contributed by atoms with Crippen molar-refractivity contribution in [1.82, 2.24) is 24.3 Å². The lowest BCUT2D eigenvalue weighted by atomic mass is 10.2. The van der Waals surface area contributed by atoms with E-state index in [2.05, 4.69) is 19.9 Å². The second kappa shape index (κ2) is 5.74. The van der Waals surface area contributed by atoms with Crippen molar-refractivity contribution in [2.45, 2.75) is 6.92 Å². The molecule has 0 saturated heterocycles. The lowest BCUT2D eigenvalue weighted by Gasteiger charge is -2.05. The van der Waals surface area contributed by atoms with Gasteiger partial charge in [0.1, 0.15) is 5.69 Å². The quantitative estimate of drug-likeness (QED) is 0.481. The number of fused-ring (bicyclic) bond motifs is 2. The third kappa shape index (κ3) is 2.41. The van der Waals surface area contributed by atoms with Crippen LogP contribution in [0.15, 0.2) is 73.1 Å². The van der Waals surface area contributed by atoms with Crippen LogP contribution >= 0.6 is 0 Å². The predicted octanol–water partition coefficient (Wildman–Crippen LogP) is 4.31. The lowest BCUT2D eigenvalue weighted by molar-refractivity contribution is 1.08. The van der Waals surface area contributed by atoms with Crippen LogP contribution in [0.4, 0.5) is 0 Å². The Labute approximate surface area is 150 Å². The maximum absolute atomic E-state index is 4.67. The maximum atomic E-state index is 4.67. The molecule has 0 spiro atoms. The summed E-state index contributed by atoms with van der Waals surface area (Å²) in [5.41, 5.74) is 4.55. The molecule has 0 atom stereocenters. The first-order valence-electron chi connectivity index (χ1n) is 8.43. The molecule has 5 aromatic rings. The normalized spacial score (nSPS) is 11.3. The second-order valence-corrected chi connectivity index (χ2v) is 6.16. The lowest BCUT2D eigenvalue weighted by Crippen LogP contribution is -1.97. The van der Waals surface area contributed by atoms with Crippen molar-refractivity contribution in [2.75, 3.05) is 0 Å². The van der Waals surface area contributed by atoms with Gasteiger partial charge in [-0.2, -0.15) is 0 Å². The summed E-state index contributed by atoms with van der Waals surface area (Å²) in [5, 5.41) is 1.06. The van der Waals surface area contributed by atoms with Crippen LogP contribution in [0.5, 0.6) is 0 Å². The summed E-state index contributed by atoms with van der Waals surface area (Å²) in [6, 6.07) is 20.0. The molecule has 0 unspecified atom stereocenters. The van der Waals surface area contributed by atoms with Crippen LogP contribution in [0, 0.1) is 6.92 Å². The van der Waals surface area contributed by atoms with E-state index in [1.807, 2.05) is 84.4 Å². The van der Waals surface area contributed by atoms with Gasteiger partial charge >= 0.3 is 0 Å². The van der Waals surface area contributed by atoms with Gasteiger partial charge in [0.05, 0.1) is 11.2 Å². The molecule has 26 heavy (non-hydrogen) atoms. The van der Waals surface area contributed by atoms with Crippen molar-refractivity contribution in [1.29, 1.82) is 0 Å². The van der Waals surface area contributed by atoms with Crippen molar-refractivity contribution in [3.05, 3.63) is 78.8 Å². The van der Waals surface area contributed by atoms with E-state index < -0.39 is 0 Å². The van der Waals surface area contributed by atoms with Crippen molar-refractivity contribution in [3.63, 3.8) is 0 Å². The zero-order valence-electron chi connectivity index (χ0n) is 14.2. The van der Waals surface area contributed by atoms with E-state index >= 15 is 0 Å². The molecule has 0 saturated carbocycles. The Balaban J connectivity index is 1.64. The average Bonchev–Trinajstić information content (AvgIpc) is 3.12. The molecule has 5 nitrogen and oxygen atoms in total. The molecule has 0 N–H and O–H groups in total. The number of nitrogens with zero attached hydrogens (tertiary/aromatic N) is 5. The minimum absolute atomic E-state index is 0.618. The number of hydrogen-bond acceptors (Lipinski definition) is 4. The van der Waals surface area contributed by atoms with E-state index in [1.54, 1.807) is 0 Å².